The number of hydrogen-bond acceptors (Lipinski definition) is 5. The van der Waals surface area contributed by atoms with Gasteiger partial charge in [-0.25, -0.2) is 14.1 Å². The fourth-order valence-corrected chi connectivity index (χ4v) is 3.09. The third-order valence-electron chi connectivity index (χ3n) is 4.65. The fraction of sp³-hybridized carbons (Fsp3) is 0.182. The van der Waals surface area contributed by atoms with E-state index in [0.29, 0.717) is 29.9 Å². The van der Waals surface area contributed by atoms with Crippen LogP contribution in [-0.4, -0.2) is 38.4 Å². The van der Waals surface area contributed by atoms with Crippen molar-refractivity contribution in [2.24, 2.45) is 0 Å². The highest BCUT2D eigenvalue weighted by Crippen LogP contribution is 2.10. The second kappa shape index (κ2) is 9.21. The van der Waals surface area contributed by atoms with E-state index in [9.17, 15) is 14.0 Å². The Hall–Kier alpha value is -4.01. The lowest BCUT2D eigenvalue weighted by atomic mass is 10.2. The topological polar surface area (TPSA) is 91.0 Å². The Morgan fingerprint density at radius 1 is 1.10 bits per heavy atom. The largest absolute Gasteiger partial charge is 0.484 e. The van der Waals surface area contributed by atoms with Crippen molar-refractivity contribution in [2.75, 3.05) is 13.2 Å². The molecule has 2 aromatic heterocycles. The monoisotopic (exact) mass is 421 g/mol. The average Bonchev–Trinajstić information content (AvgIpc) is 3.20. The van der Waals surface area contributed by atoms with Gasteiger partial charge in [-0.1, -0.05) is 30.3 Å². The SMILES string of the molecule is O=C(COc1ccc(F)cc1)NCCn1ncc2c(=O)n(Cc3ccccc3)cnc21. The van der Waals surface area contributed by atoms with Gasteiger partial charge in [0.05, 0.1) is 19.3 Å². The number of carbonyl (C=O) groups is 1. The molecular formula is C22H20FN5O3. The number of nitrogens with one attached hydrogen (secondary N) is 1. The summed E-state index contributed by atoms with van der Waals surface area (Å²) in [5.41, 5.74) is 1.30. The zero-order valence-electron chi connectivity index (χ0n) is 16.6. The molecule has 0 unspecified atom stereocenters. The highest BCUT2D eigenvalue weighted by molar-refractivity contribution is 5.77. The van der Waals surface area contributed by atoms with Crippen LogP contribution in [0.2, 0.25) is 0 Å². The molecule has 9 heteroatoms. The first-order valence-corrected chi connectivity index (χ1v) is 9.70. The number of aromatic nitrogens is 4. The van der Waals surface area contributed by atoms with Gasteiger partial charge in [0.15, 0.2) is 12.3 Å². The van der Waals surface area contributed by atoms with Crippen LogP contribution >= 0.6 is 0 Å². The molecule has 4 aromatic rings. The predicted molar refractivity (Wildman–Crippen MR) is 112 cm³/mol. The Labute approximate surface area is 176 Å². The maximum absolute atomic E-state index is 12.9. The van der Waals surface area contributed by atoms with E-state index in [2.05, 4.69) is 15.4 Å². The van der Waals surface area contributed by atoms with Crippen molar-refractivity contribution in [3.63, 3.8) is 0 Å². The van der Waals surface area contributed by atoms with Crippen LogP contribution in [0, 0.1) is 5.82 Å². The first-order valence-electron chi connectivity index (χ1n) is 9.70. The van der Waals surface area contributed by atoms with Crippen LogP contribution in [0.4, 0.5) is 4.39 Å². The van der Waals surface area contributed by atoms with Gasteiger partial charge in [-0.15, -0.1) is 0 Å². The van der Waals surface area contributed by atoms with E-state index in [1.807, 2.05) is 30.3 Å². The molecule has 0 aliphatic heterocycles. The predicted octanol–water partition coefficient (Wildman–Crippen LogP) is 1.98. The maximum atomic E-state index is 12.9. The van der Waals surface area contributed by atoms with Crippen LogP contribution in [0.1, 0.15) is 5.56 Å². The molecule has 0 saturated carbocycles. The number of rotatable bonds is 8. The standard InChI is InChI=1S/C22H20FN5O3/c23-17-6-8-18(9-7-17)31-14-20(29)24-10-11-28-21-19(12-26-28)22(30)27(15-25-21)13-16-4-2-1-3-5-16/h1-9,12,15H,10-11,13-14H2,(H,24,29). The van der Waals surface area contributed by atoms with E-state index in [1.165, 1.54) is 41.4 Å². The van der Waals surface area contributed by atoms with Gasteiger partial charge >= 0.3 is 0 Å². The summed E-state index contributed by atoms with van der Waals surface area (Å²) >= 11 is 0. The van der Waals surface area contributed by atoms with Crippen molar-refractivity contribution in [1.82, 2.24) is 24.6 Å². The summed E-state index contributed by atoms with van der Waals surface area (Å²) in [5.74, 6) is -0.284. The van der Waals surface area contributed by atoms with E-state index in [0.717, 1.165) is 5.56 Å². The smallest absolute Gasteiger partial charge is 0.264 e. The molecule has 1 N–H and O–H groups in total. The van der Waals surface area contributed by atoms with Gasteiger partial charge in [0.2, 0.25) is 0 Å². The molecule has 158 valence electrons. The molecule has 4 rings (SSSR count). The molecule has 0 aliphatic rings. The maximum Gasteiger partial charge on any atom is 0.264 e. The minimum absolute atomic E-state index is 0.170. The number of amides is 1. The molecule has 8 nitrogen and oxygen atoms in total. The number of nitrogens with zero attached hydrogens (tertiary/aromatic N) is 4. The summed E-state index contributed by atoms with van der Waals surface area (Å²) in [5, 5.41) is 7.36. The van der Waals surface area contributed by atoms with Gasteiger partial charge in [-0.3, -0.25) is 14.2 Å². The van der Waals surface area contributed by atoms with Gasteiger partial charge < -0.3 is 10.1 Å². The molecular weight excluding hydrogens is 401 g/mol. The highest BCUT2D eigenvalue weighted by Gasteiger charge is 2.11. The summed E-state index contributed by atoms with van der Waals surface area (Å²) in [4.78, 5) is 29.0. The van der Waals surface area contributed by atoms with Crippen molar-refractivity contribution in [2.45, 2.75) is 13.1 Å². The second-order valence-corrected chi connectivity index (χ2v) is 6.86. The summed E-state index contributed by atoms with van der Waals surface area (Å²) in [6.45, 7) is 0.879. The Morgan fingerprint density at radius 2 is 1.87 bits per heavy atom. The Bertz CT molecular complexity index is 1240. The number of benzene rings is 2. The second-order valence-electron chi connectivity index (χ2n) is 6.86. The molecule has 0 bridgehead atoms. The highest BCUT2D eigenvalue weighted by atomic mass is 19.1. The van der Waals surface area contributed by atoms with Crippen molar-refractivity contribution >= 4 is 16.9 Å². The number of halogens is 1. The summed E-state index contributed by atoms with van der Waals surface area (Å²) in [7, 11) is 0. The third kappa shape index (κ3) is 4.95. The van der Waals surface area contributed by atoms with Gasteiger partial charge in [0.1, 0.15) is 23.3 Å². The molecule has 1 amide bonds. The van der Waals surface area contributed by atoms with Crippen LogP contribution in [-0.2, 0) is 17.9 Å². The quantitative estimate of drug-likeness (QED) is 0.470. The zero-order chi connectivity index (χ0) is 21.6. The normalized spacial score (nSPS) is 10.9. The van der Waals surface area contributed by atoms with Gasteiger partial charge in [-0.2, -0.15) is 5.10 Å². The first kappa shape index (κ1) is 20.3. The zero-order valence-corrected chi connectivity index (χ0v) is 16.6. The molecule has 0 atom stereocenters. The minimum Gasteiger partial charge on any atom is -0.484 e. The molecule has 0 spiro atoms. The molecule has 2 aromatic carbocycles. The third-order valence-corrected chi connectivity index (χ3v) is 4.65. The van der Waals surface area contributed by atoms with Crippen molar-refractivity contribution < 1.29 is 13.9 Å². The van der Waals surface area contributed by atoms with Crippen LogP contribution < -0.4 is 15.6 Å². The van der Waals surface area contributed by atoms with Crippen molar-refractivity contribution in [3.05, 3.63) is 88.9 Å². The Balaban J connectivity index is 1.33. The summed E-state index contributed by atoms with van der Waals surface area (Å²) < 4.78 is 21.3. The van der Waals surface area contributed by atoms with Crippen LogP contribution in [0.3, 0.4) is 0 Å². The van der Waals surface area contributed by atoms with Gasteiger partial charge in [0, 0.05) is 6.54 Å². The van der Waals surface area contributed by atoms with Gasteiger partial charge in [-0.05, 0) is 29.8 Å². The fourth-order valence-electron chi connectivity index (χ4n) is 3.09. The van der Waals surface area contributed by atoms with E-state index in [-0.39, 0.29) is 30.4 Å². The summed E-state index contributed by atoms with van der Waals surface area (Å²) in [6, 6.07) is 15.1. The Kier molecular flexibility index (Phi) is 6.02. The van der Waals surface area contributed by atoms with E-state index in [1.54, 1.807) is 4.68 Å². The van der Waals surface area contributed by atoms with Gasteiger partial charge in [0.25, 0.3) is 11.5 Å². The molecule has 0 radical (unpaired) electrons. The number of fused-ring (bicyclic) bond motifs is 1. The van der Waals surface area contributed by atoms with Crippen molar-refractivity contribution in [3.8, 4) is 5.75 Å². The number of ether oxygens (including phenoxy) is 1. The molecule has 2 heterocycles. The van der Waals surface area contributed by atoms with Crippen LogP contribution in [0.25, 0.3) is 11.0 Å². The Morgan fingerprint density at radius 3 is 2.65 bits per heavy atom. The van der Waals surface area contributed by atoms with Crippen LogP contribution in [0.15, 0.2) is 71.9 Å². The molecule has 0 saturated heterocycles. The van der Waals surface area contributed by atoms with E-state index < -0.39 is 0 Å². The molecule has 0 fully saturated rings. The lowest BCUT2D eigenvalue weighted by Gasteiger charge is -2.08. The van der Waals surface area contributed by atoms with E-state index in [4.69, 9.17) is 4.74 Å². The summed E-state index contributed by atoms with van der Waals surface area (Å²) in [6.07, 6.45) is 3.00. The lowest BCUT2D eigenvalue weighted by Crippen LogP contribution is -2.31. The van der Waals surface area contributed by atoms with E-state index >= 15 is 0 Å². The first-order chi connectivity index (χ1) is 15.1. The average molecular weight is 421 g/mol. The number of hydrogen-bond donors (Lipinski definition) is 1. The van der Waals surface area contributed by atoms with Crippen LogP contribution in [0.5, 0.6) is 5.75 Å². The number of carbonyl (C=O) groups excluding carboxylic acids is 1. The van der Waals surface area contributed by atoms with Crippen molar-refractivity contribution in [1.29, 1.82) is 0 Å². The molecule has 31 heavy (non-hydrogen) atoms. The minimum atomic E-state index is -0.372. The molecule has 0 aliphatic carbocycles. The lowest BCUT2D eigenvalue weighted by molar-refractivity contribution is -0.123.